The Bertz CT molecular complexity index is 488. The van der Waals surface area contributed by atoms with Crippen molar-refractivity contribution in [3.63, 3.8) is 0 Å². The van der Waals surface area contributed by atoms with E-state index in [1.165, 1.54) is 0 Å². The van der Waals surface area contributed by atoms with Crippen molar-refractivity contribution in [2.24, 2.45) is 11.3 Å². The number of rotatable bonds is 2. The van der Waals surface area contributed by atoms with Gasteiger partial charge in [-0.15, -0.1) is 0 Å². The van der Waals surface area contributed by atoms with Gasteiger partial charge in [-0.1, -0.05) is 20.8 Å². The SMILES string of the molecule is CC(C)(C)C1CCC(Nc2c(F)c(F)cc(F)c2F)CC1. The predicted molar refractivity (Wildman–Crippen MR) is 75.1 cm³/mol. The van der Waals surface area contributed by atoms with Gasteiger partial charge < -0.3 is 5.32 Å². The maximum Gasteiger partial charge on any atom is 0.185 e. The Balaban J connectivity index is 2.08. The lowest BCUT2D eigenvalue weighted by molar-refractivity contribution is 0.173. The zero-order valence-corrected chi connectivity index (χ0v) is 12.6. The highest BCUT2D eigenvalue weighted by molar-refractivity contribution is 5.48. The topological polar surface area (TPSA) is 12.0 Å². The van der Waals surface area contributed by atoms with Gasteiger partial charge in [0.25, 0.3) is 0 Å². The van der Waals surface area contributed by atoms with Crippen LogP contribution in [-0.4, -0.2) is 6.04 Å². The van der Waals surface area contributed by atoms with Crippen molar-refractivity contribution in [3.05, 3.63) is 29.3 Å². The van der Waals surface area contributed by atoms with Crippen LogP contribution in [0.4, 0.5) is 23.2 Å². The van der Waals surface area contributed by atoms with Crippen molar-refractivity contribution in [3.8, 4) is 0 Å². The van der Waals surface area contributed by atoms with Gasteiger partial charge in [0, 0.05) is 12.1 Å². The summed E-state index contributed by atoms with van der Waals surface area (Å²) in [5.41, 5.74) is -0.487. The van der Waals surface area contributed by atoms with Gasteiger partial charge in [-0.05, 0) is 37.0 Å². The highest BCUT2D eigenvalue weighted by Gasteiger charge is 2.30. The fraction of sp³-hybridized carbons (Fsp3) is 0.625. The molecule has 0 amide bonds. The van der Waals surface area contributed by atoms with Crippen LogP contribution in [0.5, 0.6) is 0 Å². The fourth-order valence-electron chi connectivity index (χ4n) is 3.01. The maximum absolute atomic E-state index is 13.6. The predicted octanol–water partition coefficient (Wildman–Crippen LogP) is 5.26. The molecule has 0 aliphatic heterocycles. The molecule has 5 heteroatoms. The average molecular weight is 303 g/mol. The van der Waals surface area contributed by atoms with E-state index in [0.29, 0.717) is 5.92 Å². The first-order valence-corrected chi connectivity index (χ1v) is 7.29. The quantitative estimate of drug-likeness (QED) is 0.580. The minimum absolute atomic E-state index is 0.159. The van der Waals surface area contributed by atoms with E-state index in [1.807, 2.05) is 0 Å². The fourth-order valence-corrected chi connectivity index (χ4v) is 3.01. The van der Waals surface area contributed by atoms with Crippen LogP contribution in [0.1, 0.15) is 46.5 Å². The molecule has 1 N–H and O–H groups in total. The normalized spacial score (nSPS) is 23.2. The van der Waals surface area contributed by atoms with Gasteiger partial charge >= 0.3 is 0 Å². The molecule has 1 nitrogen and oxygen atoms in total. The molecule has 0 unspecified atom stereocenters. The van der Waals surface area contributed by atoms with Crippen LogP contribution in [0.3, 0.4) is 0 Å². The number of hydrogen-bond acceptors (Lipinski definition) is 1. The summed E-state index contributed by atoms with van der Waals surface area (Å²) in [6.45, 7) is 6.52. The maximum atomic E-state index is 13.6. The van der Waals surface area contributed by atoms with Crippen molar-refractivity contribution in [1.29, 1.82) is 0 Å². The second kappa shape index (κ2) is 5.85. The molecular weight excluding hydrogens is 282 g/mol. The van der Waals surface area contributed by atoms with E-state index in [0.717, 1.165) is 25.7 Å². The Kier molecular flexibility index (Phi) is 4.49. The van der Waals surface area contributed by atoms with Crippen LogP contribution in [0.15, 0.2) is 6.07 Å². The molecule has 0 atom stereocenters. The molecule has 1 saturated carbocycles. The van der Waals surface area contributed by atoms with E-state index in [9.17, 15) is 17.6 Å². The van der Waals surface area contributed by atoms with E-state index in [-0.39, 0.29) is 17.5 Å². The average Bonchev–Trinajstić information content (AvgIpc) is 2.41. The molecule has 1 fully saturated rings. The van der Waals surface area contributed by atoms with E-state index < -0.39 is 29.0 Å². The molecule has 1 aliphatic rings. The number of halogens is 4. The number of anilines is 1. The van der Waals surface area contributed by atoms with Gasteiger partial charge in [0.1, 0.15) is 5.69 Å². The van der Waals surface area contributed by atoms with Crippen molar-refractivity contribution in [1.82, 2.24) is 0 Å². The summed E-state index contributed by atoms with van der Waals surface area (Å²) >= 11 is 0. The monoisotopic (exact) mass is 303 g/mol. The van der Waals surface area contributed by atoms with Crippen LogP contribution in [0, 0.1) is 34.6 Å². The lowest BCUT2D eigenvalue weighted by atomic mass is 9.71. The lowest BCUT2D eigenvalue weighted by Crippen LogP contribution is -2.32. The highest BCUT2D eigenvalue weighted by Crippen LogP contribution is 2.39. The van der Waals surface area contributed by atoms with Gasteiger partial charge in [-0.2, -0.15) is 0 Å². The van der Waals surface area contributed by atoms with Crippen LogP contribution in [-0.2, 0) is 0 Å². The van der Waals surface area contributed by atoms with Gasteiger partial charge in [0.15, 0.2) is 23.3 Å². The van der Waals surface area contributed by atoms with Crippen LogP contribution in [0.2, 0.25) is 0 Å². The molecule has 2 rings (SSSR count). The van der Waals surface area contributed by atoms with E-state index in [2.05, 4.69) is 26.1 Å². The third-order valence-electron chi connectivity index (χ3n) is 4.41. The van der Waals surface area contributed by atoms with E-state index >= 15 is 0 Å². The molecule has 1 aromatic carbocycles. The van der Waals surface area contributed by atoms with Gasteiger partial charge in [-0.3, -0.25) is 0 Å². The minimum atomic E-state index is -1.38. The van der Waals surface area contributed by atoms with Gasteiger partial charge in [0.05, 0.1) is 0 Å². The molecule has 0 aromatic heterocycles. The first-order chi connectivity index (χ1) is 9.70. The number of hydrogen-bond donors (Lipinski definition) is 1. The smallest absolute Gasteiger partial charge is 0.185 e. The molecule has 1 aliphatic carbocycles. The molecule has 0 radical (unpaired) electrons. The second-order valence-corrected chi connectivity index (χ2v) is 6.90. The Hall–Kier alpha value is -1.26. The Morgan fingerprint density at radius 3 is 1.81 bits per heavy atom. The Labute approximate surface area is 122 Å². The molecule has 0 bridgehead atoms. The van der Waals surface area contributed by atoms with Crippen molar-refractivity contribution in [2.45, 2.75) is 52.5 Å². The second-order valence-electron chi connectivity index (χ2n) is 6.90. The first-order valence-electron chi connectivity index (χ1n) is 7.29. The third-order valence-corrected chi connectivity index (χ3v) is 4.41. The summed E-state index contributed by atoms with van der Waals surface area (Å²) in [5, 5.41) is 2.64. The summed E-state index contributed by atoms with van der Waals surface area (Å²) < 4.78 is 53.6. The van der Waals surface area contributed by atoms with Crippen molar-refractivity contribution in [2.75, 3.05) is 5.32 Å². The zero-order valence-electron chi connectivity index (χ0n) is 12.6. The van der Waals surface area contributed by atoms with Gasteiger partial charge in [-0.25, -0.2) is 17.6 Å². The number of benzene rings is 1. The Morgan fingerprint density at radius 1 is 0.905 bits per heavy atom. The summed E-state index contributed by atoms with van der Waals surface area (Å²) in [5.74, 6) is -4.91. The molecule has 0 spiro atoms. The van der Waals surface area contributed by atoms with E-state index in [4.69, 9.17) is 0 Å². The Morgan fingerprint density at radius 2 is 1.38 bits per heavy atom. The molecule has 0 heterocycles. The highest BCUT2D eigenvalue weighted by atomic mass is 19.2. The van der Waals surface area contributed by atoms with Gasteiger partial charge in [0.2, 0.25) is 0 Å². The molecule has 1 aromatic rings. The van der Waals surface area contributed by atoms with E-state index in [1.54, 1.807) is 0 Å². The summed E-state index contributed by atoms with van der Waals surface area (Å²) in [6, 6.07) is 0.0700. The summed E-state index contributed by atoms with van der Waals surface area (Å²) in [7, 11) is 0. The first kappa shape index (κ1) is 16.1. The number of nitrogens with one attached hydrogen (secondary N) is 1. The van der Waals surface area contributed by atoms with Crippen LogP contribution < -0.4 is 5.32 Å². The summed E-state index contributed by atoms with van der Waals surface area (Å²) in [4.78, 5) is 0. The molecule has 0 saturated heterocycles. The van der Waals surface area contributed by atoms with Crippen molar-refractivity contribution >= 4 is 5.69 Å². The molecule has 21 heavy (non-hydrogen) atoms. The standard InChI is InChI=1S/C16H21F4N/c1-16(2,3)9-4-6-10(7-5-9)21-15-13(19)11(17)8-12(18)14(15)20/h8-10,21H,4-7H2,1-3H3. The van der Waals surface area contributed by atoms with Crippen molar-refractivity contribution < 1.29 is 17.6 Å². The largest absolute Gasteiger partial charge is 0.377 e. The molecular formula is C16H21F4N. The summed E-state index contributed by atoms with van der Waals surface area (Å²) in [6.07, 6.45) is 3.34. The zero-order chi connectivity index (χ0) is 15.8. The third kappa shape index (κ3) is 3.50. The van der Waals surface area contributed by atoms with Crippen LogP contribution >= 0.6 is 0 Å². The lowest BCUT2D eigenvalue weighted by Gasteiger charge is -2.37. The minimum Gasteiger partial charge on any atom is -0.377 e. The van der Waals surface area contributed by atoms with Crippen LogP contribution in [0.25, 0.3) is 0 Å². The molecule has 118 valence electrons.